The highest BCUT2D eigenvalue weighted by molar-refractivity contribution is 6.11. The molecule has 1 heterocycles. The number of ether oxygens (including phenoxy) is 2. The minimum atomic E-state index is -0.332. The van der Waals surface area contributed by atoms with Crippen molar-refractivity contribution in [2.45, 2.75) is 13.1 Å². The van der Waals surface area contributed by atoms with Crippen molar-refractivity contribution < 1.29 is 14.3 Å². The highest BCUT2D eigenvalue weighted by Crippen LogP contribution is 2.40. The molecule has 1 N–H and O–H groups in total. The third-order valence-electron chi connectivity index (χ3n) is 4.99. The lowest BCUT2D eigenvalue weighted by atomic mass is 10.1. The number of nitrogens with zero attached hydrogens (tertiary/aromatic N) is 1. The maximum Gasteiger partial charge on any atom is 0.260 e. The van der Waals surface area contributed by atoms with Crippen LogP contribution in [0.1, 0.15) is 27.7 Å². The fourth-order valence-electron chi connectivity index (χ4n) is 3.59. The van der Waals surface area contributed by atoms with Crippen LogP contribution in [-0.2, 0) is 0 Å². The number of amides is 1. The molecule has 0 fully saturated rings. The molecule has 0 unspecified atom stereocenters. The number of carbonyl (C=O) groups excluding carboxylic acids is 1. The minimum absolute atomic E-state index is 0.0164. The number of methoxy groups -OCH3 is 2. The molecule has 0 spiro atoms. The van der Waals surface area contributed by atoms with E-state index in [2.05, 4.69) is 5.32 Å². The SMILES string of the molecule is COc1cc(N[C@H]2c3ccccc3C(=O)N2c2ccccc2C)cc(OC)c1. The summed E-state index contributed by atoms with van der Waals surface area (Å²) in [5.41, 5.74) is 4.38. The van der Waals surface area contributed by atoms with E-state index in [9.17, 15) is 4.79 Å². The van der Waals surface area contributed by atoms with Gasteiger partial charge >= 0.3 is 0 Å². The molecule has 1 aliphatic rings. The van der Waals surface area contributed by atoms with Crippen LogP contribution in [0.25, 0.3) is 0 Å². The molecule has 3 aromatic rings. The van der Waals surface area contributed by atoms with E-state index >= 15 is 0 Å². The summed E-state index contributed by atoms with van der Waals surface area (Å²) in [6, 6.07) is 21.2. The Balaban J connectivity index is 1.80. The van der Waals surface area contributed by atoms with E-state index in [1.54, 1.807) is 14.2 Å². The van der Waals surface area contributed by atoms with Crippen LogP contribution in [0.2, 0.25) is 0 Å². The molecule has 5 heteroatoms. The van der Waals surface area contributed by atoms with Crippen LogP contribution in [-0.4, -0.2) is 20.1 Å². The van der Waals surface area contributed by atoms with Gasteiger partial charge < -0.3 is 14.8 Å². The van der Waals surface area contributed by atoms with Crippen LogP contribution in [0.3, 0.4) is 0 Å². The van der Waals surface area contributed by atoms with Crippen molar-refractivity contribution in [3.05, 3.63) is 83.4 Å². The fraction of sp³-hybridized carbons (Fsp3) is 0.174. The second-order valence-corrected chi connectivity index (χ2v) is 6.70. The summed E-state index contributed by atoms with van der Waals surface area (Å²) in [5.74, 6) is 1.35. The molecule has 0 aliphatic carbocycles. The minimum Gasteiger partial charge on any atom is -0.497 e. The summed E-state index contributed by atoms with van der Waals surface area (Å²) < 4.78 is 10.8. The molecule has 0 saturated heterocycles. The molecule has 1 atom stereocenters. The molecule has 142 valence electrons. The lowest BCUT2D eigenvalue weighted by Gasteiger charge is -2.28. The molecule has 0 aromatic heterocycles. The zero-order chi connectivity index (χ0) is 19.7. The van der Waals surface area contributed by atoms with Gasteiger partial charge in [0.1, 0.15) is 17.7 Å². The number of hydrogen-bond acceptors (Lipinski definition) is 4. The van der Waals surface area contributed by atoms with Gasteiger partial charge in [0.2, 0.25) is 0 Å². The van der Waals surface area contributed by atoms with E-state index in [4.69, 9.17) is 9.47 Å². The van der Waals surface area contributed by atoms with Gasteiger partial charge in [0, 0.05) is 40.7 Å². The van der Waals surface area contributed by atoms with Gasteiger partial charge in [-0.3, -0.25) is 9.69 Å². The zero-order valence-electron chi connectivity index (χ0n) is 16.1. The average Bonchev–Trinajstić information content (AvgIpc) is 3.00. The number of anilines is 2. The molecule has 3 aromatic carbocycles. The number of carbonyl (C=O) groups is 1. The van der Waals surface area contributed by atoms with Crippen molar-refractivity contribution in [2.24, 2.45) is 0 Å². The van der Waals surface area contributed by atoms with Crippen LogP contribution in [0.5, 0.6) is 11.5 Å². The quantitative estimate of drug-likeness (QED) is 0.698. The van der Waals surface area contributed by atoms with Gasteiger partial charge in [-0.1, -0.05) is 36.4 Å². The zero-order valence-corrected chi connectivity index (χ0v) is 16.1. The number of rotatable bonds is 5. The Morgan fingerprint density at radius 2 is 1.54 bits per heavy atom. The first-order valence-corrected chi connectivity index (χ1v) is 9.10. The summed E-state index contributed by atoms with van der Waals surface area (Å²) in [6.07, 6.45) is -0.332. The van der Waals surface area contributed by atoms with E-state index < -0.39 is 0 Å². The first kappa shape index (κ1) is 17.9. The topological polar surface area (TPSA) is 50.8 Å². The Morgan fingerprint density at radius 1 is 0.893 bits per heavy atom. The van der Waals surface area contributed by atoms with Gasteiger partial charge in [0.05, 0.1) is 14.2 Å². The van der Waals surface area contributed by atoms with Gasteiger partial charge in [-0.15, -0.1) is 0 Å². The van der Waals surface area contributed by atoms with E-state index in [0.717, 1.165) is 22.5 Å². The summed E-state index contributed by atoms with van der Waals surface area (Å²) >= 11 is 0. The van der Waals surface area contributed by atoms with Gasteiger partial charge in [0.25, 0.3) is 5.91 Å². The van der Waals surface area contributed by atoms with E-state index in [-0.39, 0.29) is 12.1 Å². The van der Waals surface area contributed by atoms with E-state index in [1.807, 2.05) is 78.6 Å². The highest BCUT2D eigenvalue weighted by atomic mass is 16.5. The summed E-state index contributed by atoms with van der Waals surface area (Å²) in [6.45, 7) is 2.01. The Morgan fingerprint density at radius 3 is 2.21 bits per heavy atom. The third-order valence-corrected chi connectivity index (χ3v) is 4.99. The summed E-state index contributed by atoms with van der Waals surface area (Å²) in [7, 11) is 3.24. The summed E-state index contributed by atoms with van der Waals surface area (Å²) in [4.78, 5) is 15.0. The van der Waals surface area contributed by atoms with Crippen molar-refractivity contribution in [1.29, 1.82) is 0 Å². The van der Waals surface area contributed by atoms with Crippen molar-refractivity contribution in [3.8, 4) is 11.5 Å². The molecular formula is C23H22N2O3. The van der Waals surface area contributed by atoms with Crippen LogP contribution >= 0.6 is 0 Å². The number of para-hydroxylation sites is 1. The first-order chi connectivity index (χ1) is 13.6. The number of aryl methyl sites for hydroxylation is 1. The molecule has 4 rings (SSSR count). The second-order valence-electron chi connectivity index (χ2n) is 6.70. The predicted octanol–water partition coefficient (Wildman–Crippen LogP) is 4.78. The standard InChI is InChI=1S/C23H22N2O3/c1-15-8-4-7-11-21(15)25-22(19-9-5-6-10-20(19)23(25)26)24-16-12-17(27-2)14-18(13-16)28-3/h4-14,22,24H,1-3H3/t22-/m1/s1. The number of nitrogens with one attached hydrogen (secondary N) is 1. The molecular weight excluding hydrogens is 352 g/mol. The van der Waals surface area contributed by atoms with Crippen molar-refractivity contribution in [1.82, 2.24) is 0 Å². The van der Waals surface area contributed by atoms with Gasteiger partial charge in [-0.05, 0) is 24.6 Å². The molecule has 0 radical (unpaired) electrons. The van der Waals surface area contributed by atoms with Gasteiger partial charge in [-0.2, -0.15) is 0 Å². The number of fused-ring (bicyclic) bond motifs is 1. The molecule has 5 nitrogen and oxygen atoms in total. The number of hydrogen-bond donors (Lipinski definition) is 1. The largest absolute Gasteiger partial charge is 0.497 e. The van der Waals surface area contributed by atoms with Crippen LogP contribution < -0.4 is 19.7 Å². The number of benzene rings is 3. The van der Waals surface area contributed by atoms with Crippen molar-refractivity contribution >= 4 is 17.3 Å². The van der Waals surface area contributed by atoms with E-state index in [1.165, 1.54) is 0 Å². The highest BCUT2D eigenvalue weighted by Gasteiger charge is 2.38. The Hall–Kier alpha value is -3.47. The fourth-order valence-corrected chi connectivity index (χ4v) is 3.59. The molecule has 1 aliphatic heterocycles. The van der Waals surface area contributed by atoms with Crippen LogP contribution in [0, 0.1) is 6.92 Å². The second kappa shape index (κ2) is 7.27. The lowest BCUT2D eigenvalue weighted by molar-refractivity contribution is 0.0993. The Bertz CT molecular complexity index is 1010. The van der Waals surface area contributed by atoms with Gasteiger partial charge in [-0.25, -0.2) is 0 Å². The third kappa shape index (κ3) is 3.05. The monoisotopic (exact) mass is 374 g/mol. The molecule has 0 saturated carbocycles. The molecule has 28 heavy (non-hydrogen) atoms. The summed E-state index contributed by atoms with van der Waals surface area (Å²) in [5, 5.41) is 3.50. The Kier molecular flexibility index (Phi) is 4.65. The van der Waals surface area contributed by atoms with Crippen molar-refractivity contribution in [3.63, 3.8) is 0 Å². The maximum atomic E-state index is 13.2. The molecule has 1 amide bonds. The van der Waals surface area contributed by atoms with Crippen molar-refractivity contribution in [2.75, 3.05) is 24.4 Å². The maximum absolute atomic E-state index is 13.2. The Labute approximate surface area is 164 Å². The average molecular weight is 374 g/mol. The molecule has 0 bridgehead atoms. The normalized spacial score (nSPS) is 15.3. The van der Waals surface area contributed by atoms with Crippen LogP contribution in [0.4, 0.5) is 11.4 Å². The van der Waals surface area contributed by atoms with Crippen LogP contribution in [0.15, 0.2) is 66.7 Å². The predicted molar refractivity (Wildman–Crippen MR) is 110 cm³/mol. The lowest BCUT2D eigenvalue weighted by Crippen LogP contribution is -2.32. The first-order valence-electron chi connectivity index (χ1n) is 9.10. The smallest absolute Gasteiger partial charge is 0.260 e. The van der Waals surface area contributed by atoms with E-state index in [0.29, 0.717) is 17.1 Å². The van der Waals surface area contributed by atoms with Gasteiger partial charge in [0.15, 0.2) is 0 Å².